The van der Waals surface area contributed by atoms with E-state index in [-0.39, 0.29) is 11.5 Å². The topological polar surface area (TPSA) is 53.8 Å². The van der Waals surface area contributed by atoms with E-state index in [1.807, 2.05) is 17.9 Å². The summed E-state index contributed by atoms with van der Waals surface area (Å²) in [5.74, 6) is -0.00703. The lowest BCUT2D eigenvalue weighted by Gasteiger charge is -2.22. The maximum absolute atomic E-state index is 12.8. The van der Waals surface area contributed by atoms with E-state index in [2.05, 4.69) is 4.90 Å². The van der Waals surface area contributed by atoms with Crippen molar-refractivity contribution in [3.8, 4) is 0 Å². The van der Waals surface area contributed by atoms with Gasteiger partial charge >= 0.3 is 5.63 Å². The molecule has 3 aromatic rings. The Morgan fingerprint density at radius 3 is 2.70 bits per heavy atom. The summed E-state index contributed by atoms with van der Waals surface area (Å²) in [7, 11) is 0. The number of nitrogens with zero attached hydrogens (tertiary/aromatic N) is 2. The summed E-state index contributed by atoms with van der Waals surface area (Å²) >= 11 is 12.3. The van der Waals surface area contributed by atoms with Crippen LogP contribution >= 0.6 is 23.2 Å². The van der Waals surface area contributed by atoms with E-state index in [9.17, 15) is 9.59 Å². The van der Waals surface area contributed by atoms with Crippen molar-refractivity contribution in [2.24, 2.45) is 0 Å². The van der Waals surface area contributed by atoms with Crippen LogP contribution in [0.1, 0.15) is 27.9 Å². The van der Waals surface area contributed by atoms with E-state index >= 15 is 0 Å². The quantitative estimate of drug-likeness (QED) is 0.546. The van der Waals surface area contributed by atoms with Crippen molar-refractivity contribution < 1.29 is 9.21 Å². The second-order valence-electron chi connectivity index (χ2n) is 7.62. The van der Waals surface area contributed by atoms with Gasteiger partial charge in [0.05, 0.1) is 0 Å². The first-order chi connectivity index (χ1) is 14.4. The van der Waals surface area contributed by atoms with Crippen molar-refractivity contribution in [2.75, 3.05) is 26.2 Å². The van der Waals surface area contributed by atoms with Gasteiger partial charge in [-0.15, -0.1) is 0 Å². The molecule has 1 aliphatic heterocycles. The summed E-state index contributed by atoms with van der Waals surface area (Å²) in [6.45, 7) is 5.33. The van der Waals surface area contributed by atoms with Crippen molar-refractivity contribution in [3.63, 3.8) is 0 Å². The molecule has 0 unspecified atom stereocenters. The maximum Gasteiger partial charge on any atom is 0.336 e. The Balaban J connectivity index is 1.51. The Kier molecular flexibility index (Phi) is 6.14. The molecule has 2 heterocycles. The fourth-order valence-electron chi connectivity index (χ4n) is 3.86. The molecular formula is C23H22Cl2N2O3. The number of carbonyl (C=O) groups is 1. The highest BCUT2D eigenvalue weighted by Crippen LogP contribution is 2.26. The molecule has 30 heavy (non-hydrogen) atoms. The summed E-state index contributed by atoms with van der Waals surface area (Å²) in [6.07, 6.45) is 0.853. The zero-order chi connectivity index (χ0) is 21.3. The van der Waals surface area contributed by atoms with Crippen LogP contribution < -0.4 is 5.63 Å². The van der Waals surface area contributed by atoms with Crippen molar-refractivity contribution in [1.82, 2.24) is 9.80 Å². The molecule has 1 aliphatic rings. The lowest BCUT2D eigenvalue weighted by atomic mass is 10.1. The van der Waals surface area contributed by atoms with E-state index < -0.39 is 0 Å². The molecule has 1 amide bonds. The number of hydrogen-bond donors (Lipinski definition) is 0. The zero-order valence-electron chi connectivity index (χ0n) is 16.7. The first kappa shape index (κ1) is 20.9. The standard InChI is InChI=1S/C23H22Cl2N2O3/c1-15-10-21-19(13-20(15)25)17(12-22(28)30-21)14-26-6-3-7-27(9-8-26)23(29)16-4-2-5-18(24)11-16/h2,4-5,10-13H,3,6-9,14H2,1H3. The monoisotopic (exact) mass is 444 g/mol. The molecule has 0 radical (unpaired) electrons. The van der Waals surface area contributed by atoms with Crippen molar-refractivity contribution >= 4 is 40.1 Å². The van der Waals surface area contributed by atoms with Crippen LogP contribution in [0.4, 0.5) is 0 Å². The molecule has 0 aliphatic carbocycles. The van der Waals surface area contributed by atoms with Gasteiger partial charge < -0.3 is 9.32 Å². The normalized spacial score (nSPS) is 15.4. The number of halogens is 2. The van der Waals surface area contributed by atoms with Gasteiger partial charge in [0.25, 0.3) is 5.91 Å². The summed E-state index contributed by atoms with van der Waals surface area (Å²) in [5, 5.41) is 2.05. The van der Waals surface area contributed by atoms with Crippen molar-refractivity contribution in [3.05, 3.63) is 79.6 Å². The average molecular weight is 445 g/mol. The van der Waals surface area contributed by atoms with Crippen molar-refractivity contribution in [1.29, 1.82) is 0 Å². The third-order valence-corrected chi connectivity index (χ3v) is 6.09. The number of hydrogen-bond acceptors (Lipinski definition) is 4. The fraction of sp³-hybridized carbons (Fsp3) is 0.304. The molecule has 156 valence electrons. The fourth-order valence-corrected chi connectivity index (χ4v) is 4.21. The first-order valence-corrected chi connectivity index (χ1v) is 10.7. The highest BCUT2D eigenvalue weighted by Gasteiger charge is 2.21. The van der Waals surface area contributed by atoms with Gasteiger partial charge in [0, 0.05) is 59.8 Å². The van der Waals surface area contributed by atoms with Gasteiger partial charge in [-0.3, -0.25) is 9.69 Å². The van der Waals surface area contributed by atoms with E-state index in [4.69, 9.17) is 27.6 Å². The molecule has 7 heteroatoms. The Hall–Kier alpha value is -2.34. The molecule has 0 spiro atoms. The lowest BCUT2D eigenvalue weighted by Crippen LogP contribution is -2.35. The zero-order valence-corrected chi connectivity index (χ0v) is 18.2. The van der Waals surface area contributed by atoms with Crippen molar-refractivity contribution in [2.45, 2.75) is 19.9 Å². The summed E-state index contributed by atoms with van der Waals surface area (Å²) in [4.78, 5) is 29.0. The van der Waals surface area contributed by atoms with Gasteiger partial charge in [0.15, 0.2) is 0 Å². The van der Waals surface area contributed by atoms with Crippen LogP contribution in [0.2, 0.25) is 10.0 Å². The van der Waals surface area contributed by atoms with Crippen LogP contribution in [-0.4, -0.2) is 41.9 Å². The highest BCUT2D eigenvalue weighted by atomic mass is 35.5. The Morgan fingerprint density at radius 2 is 1.90 bits per heavy atom. The minimum atomic E-state index is -0.369. The minimum absolute atomic E-state index is 0.00703. The predicted molar refractivity (Wildman–Crippen MR) is 119 cm³/mol. The largest absolute Gasteiger partial charge is 0.423 e. The van der Waals surface area contributed by atoms with Crippen LogP contribution in [0, 0.1) is 6.92 Å². The van der Waals surface area contributed by atoms with E-state index in [0.29, 0.717) is 47.4 Å². The molecule has 0 N–H and O–H groups in total. The number of amides is 1. The molecule has 4 rings (SSSR count). The van der Waals surface area contributed by atoms with Gasteiger partial charge in [-0.05, 0) is 54.8 Å². The Labute approximate surface area is 184 Å². The van der Waals surface area contributed by atoms with E-state index in [1.54, 1.807) is 30.3 Å². The van der Waals surface area contributed by atoms with Crippen LogP contribution in [0.25, 0.3) is 11.0 Å². The van der Waals surface area contributed by atoms with Gasteiger partial charge in [-0.1, -0.05) is 29.3 Å². The van der Waals surface area contributed by atoms with Crippen LogP contribution in [0.5, 0.6) is 0 Å². The van der Waals surface area contributed by atoms with Crippen LogP contribution in [-0.2, 0) is 6.54 Å². The maximum atomic E-state index is 12.8. The predicted octanol–water partition coefficient (Wildman–Crippen LogP) is 4.76. The van der Waals surface area contributed by atoms with Gasteiger partial charge in [-0.2, -0.15) is 0 Å². The molecule has 0 bridgehead atoms. The van der Waals surface area contributed by atoms with Gasteiger partial charge in [-0.25, -0.2) is 4.79 Å². The molecule has 5 nitrogen and oxygen atoms in total. The summed E-state index contributed by atoms with van der Waals surface area (Å²) in [5.41, 5.74) is 2.54. The molecular weight excluding hydrogens is 423 g/mol. The second-order valence-corrected chi connectivity index (χ2v) is 8.46. The smallest absolute Gasteiger partial charge is 0.336 e. The lowest BCUT2D eigenvalue weighted by molar-refractivity contribution is 0.0761. The molecule has 0 atom stereocenters. The molecule has 1 aromatic heterocycles. The molecule has 1 saturated heterocycles. The number of aryl methyl sites for hydroxylation is 1. The SMILES string of the molecule is Cc1cc2oc(=O)cc(CN3CCCN(C(=O)c4cccc(Cl)c4)CC3)c2cc1Cl. The van der Waals surface area contributed by atoms with Crippen LogP contribution in [0.3, 0.4) is 0 Å². The van der Waals surface area contributed by atoms with Crippen LogP contribution in [0.15, 0.2) is 51.7 Å². The second kappa shape index (κ2) is 8.80. The third-order valence-electron chi connectivity index (χ3n) is 5.45. The summed E-state index contributed by atoms with van der Waals surface area (Å²) in [6, 6.07) is 12.2. The summed E-state index contributed by atoms with van der Waals surface area (Å²) < 4.78 is 5.36. The van der Waals surface area contributed by atoms with Gasteiger partial charge in [0.1, 0.15) is 5.58 Å². The number of carbonyl (C=O) groups excluding carboxylic acids is 1. The Morgan fingerprint density at radius 1 is 1.07 bits per heavy atom. The average Bonchev–Trinajstić information content (AvgIpc) is 2.94. The van der Waals surface area contributed by atoms with Gasteiger partial charge in [0.2, 0.25) is 0 Å². The number of fused-ring (bicyclic) bond motifs is 1. The number of rotatable bonds is 3. The minimum Gasteiger partial charge on any atom is -0.423 e. The molecule has 0 saturated carbocycles. The van der Waals surface area contributed by atoms with E-state index in [0.717, 1.165) is 29.5 Å². The first-order valence-electron chi connectivity index (χ1n) is 9.91. The molecule has 1 fully saturated rings. The Bertz CT molecular complexity index is 1160. The third kappa shape index (κ3) is 4.53. The molecule has 2 aromatic carbocycles. The number of benzene rings is 2. The van der Waals surface area contributed by atoms with E-state index in [1.165, 1.54) is 6.07 Å². The highest BCUT2D eigenvalue weighted by molar-refractivity contribution is 6.32.